The fourth-order valence-corrected chi connectivity index (χ4v) is 4.28. The van der Waals surface area contributed by atoms with E-state index in [2.05, 4.69) is 11.9 Å². The van der Waals surface area contributed by atoms with Crippen LogP contribution in [0.15, 0.2) is 62.7 Å². The zero-order valence-corrected chi connectivity index (χ0v) is 21.9. The number of rotatable bonds is 16. The fraction of sp³-hybridized carbons (Fsp3) is 0.452. The van der Waals surface area contributed by atoms with Crippen LogP contribution in [0.5, 0.6) is 5.75 Å². The van der Waals surface area contributed by atoms with Crippen molar-refractivity contribution in [3.63, 3.8) is 0 Å². The Morgan fingerprint density at radius 1 is 0.865 bits per heavy atom. The van der Waals surface area contributed by atoms with Crippen LogP contribution in [0.25, 0.3) is 11.0 Å². The van der Waals surface area contributed by atoms with Gasteiger partial charge in [0, 0.05) is 6.21 Å². The predicted molar refractivity (Wildman–Crippen MR) is 149 cm³/mol. The number of fused-ring (bicyclic) bond motifs is 1. The summed E-state index contributed by atoms with van der Waals surface area (Å²) in [4.78, 5) is 28.8. The van der Waals surface area contributed by atoms with Gasteiger partial charge < -0.3 is 14.3 Å². The first-order chi connectivity index (χ1) is 18.1. The van der Waals surface area contributed by atoms with Crippen LogP contribution in [0.1, 0.15) is 99.9 Å². The first-order valence-electron chi connectivity index (χ1n) is 13.7. The number of aromatic hydroxyl groups is 1. The van der Waals surface area contributed by atoms with Crippen molar-refractivity contribution in [2.24, 2.45) is 4.99 Å². The van der Waals surface area contributed by atoms with E-state index in [1.54, 1.807) is 48.5 Å². The van der Waals surface area contributed by atoms with Gasteiger partial charge in [0.05, 0.1) is 23.2 Å². The topological polar surface area (TPSA) is 89.1 Å². The van der Waals surface area contributed by atoms with Gasteiger partial charge in [-0.3, -0.25) is 4.99 Å². The molecular weight excluding hydrogens is 466 g/mol. The lowest BCUT2D eigenvalue weighted by molar-refractivity contribution is 0.0497. The van der Waals surface area contributed by atoms with Crippen molar-refractivity contribution in [2.45, 2.75) is 84.0 Å². The van der Waals surface area contributed by atoms with E-state index in [-0.39, 0.29) is 17.3 Å². The molecule has 0 saturated carbocycles. The summed E-state index contributed by atoms with van der Waals surface area (Å²) in [7, 11) is 0. The number of benzene rings is 2. The summed E-state index contributed by atoms with van der Waals surface area (Å²) in [6, 6.07) is 13.4. The minimum atomic E-state index is -0.669. The van der Waals surface area contributed by atoms with Crippen molar-refractivity contribution in [1.29, 1.82) is 0 Å². The average molecular weight is 506 g/mol. The van der Waals surface area contributed by atoms with Gasteiger partial charge in [-0.2, -0.15) is 0 Å². The van der Waals surface area contributed by atoms with Crippen molar-refractivity contribution in [1.82, 2.24) is 0 Å². The molecule has 3 aromatic rings. The second kappa shape index (κ2) is 15.6. The van der Waals surface area contributed by atoms with E-state index in [9.17, 15) is 14.7 Å². The van der Waals surface area contributed by atoms with E-state index in [1.807, 2.05) is 0 Å². The lowest BCUT2D eigenvalue weighted by Gasteiger charge is -2.06. The highest BCUT2D eigenvalue weighted by Crippen LogP contribution is 2.25. The molecule has 0 aliphatic carbocycles. The lowest BCUT2D eigenvalue weighted by atomic mass is 10.1. The van der Waals surface area contributed by atoms with Crippen molar-refractivity contribution in [3.05, 3.63) is 70.1 Å². The molecule has 0 radical (unpaired) electrons. The van der Waals surface area contributed by atoms with Gasteiger partial charge >= 0.3 is 11.6 Å². The number of ether oxygens (including phenoxy) is 1. The van der Waals surface area contributed by atoms with Crippen LogP contribution in [0, 0.1) is 0 Å². The number of unbranched alkanes of at least 4 members (excludes halogenated alkanes) is 11. The van der Waals surface area contributed by atoms with Crippen LogP contribution >= 0.6 is 0 Å². The molecule has 0 aliphatic rings. The number of para-hydroxylation sites is 1. The van der Waals surface area contributed by atoms with E-state index in [0.717, 1.165) is 12.8 Å². The largest absolute Gasteiger partial charge is 0.506 e. The summed E-state index contributed by atoms with van der Waals surface area (Å²) in [5, 5.41) is 10.9. The summed E-state index contributed by atoms with van der Waals surface area (Å²) in [5.41, 5.74) is 0.603. The first kappa shape index (κ1) is 28.2. The SMILES string of the molecule is CCCCCCCCCCCCCCOC(=O)c1ccc(N=Cc2c(O)c3ccccc3oc2=O)cc1. The highest BCUT2D eigenvalue weighted by molar-refractivity contribution is 5.94. The third-order valence-electron chi connectivity index (χ3n) is 6.50. The van der Waals surface area contributed by atoms with Crippen LogP contribution in [-0.2, 0) is 4.74 Å². The van der Waals surface area contributed by atoms with E-state index in [4.69, 9.17) is 9.15 Å². The Morgan fingerprint density at radius 3 is 2.11 bits per heavy atom. The predicted octanol–water partition coefficient (Wildman–Crippen LogP) is 8.11. The fourth-order valence-electron chi connectivity index (χ4n) is 4.28. The maximum Gasteiger partial charge on any atom is 0.348 e. The lowest BCUT2D eigenvalue weighted by Crippen LogP contribution is -2.07. The summed E-state index contributed by atoms with van der Waals surface area (Å²) in [6.45, 7) is 2.67. The molecule has 0 atom stereocenters. The second-order valence-corrected chi connectivity index (χ2v) is 9.48. The molecule has 0 saturated heterocycles. The van der Waals surface area contributed by atoms with Gasteiger partial charge in [-0.15, -0.1) is 0 Å². The molecule has 0 amide bonds. The molecule has 6 heteroatoms. The summed E-state index contributed by atoms with van der Waals surface area (Å²) in [5.74, 6) is -0.528. The van der Waals surface area contributed by atoms with Gasteiger partial charge in [0.1, 0.15) is 16.9 Å². The number of hydrogen-bond acceptors (Lipinski definition) is 6. The van der Waals surface area contributed by atoms with Gasteiger partial charge in [-0.25, -0.2) is 9.59 Å². The molecule has 0 spiro atoms. The molecule has 6 nitrogen and oxygen atoms in total. The van der Waals surface area contributed by atoms with E-state index < -0.39 is 5.63 Å². The Morgan fingerprint density at radius 2 is 1.46 bits per heavy atom. The highest BCUT2D eigenvalue weighted by atomic mass is 16.5. The summed E-state index contributed by atoms with van der Waals surface area (Å²) >= 11 is 0. The highest BCUT2D eigenvalue weighted by Gasteiger charge is 2.12. The van der Waals surface area contributed by atoms with E-state index >= 15 is 0 Å². The third-order valence-corrected chi connectivity index (χ3v) is 6.50. The smallest absolute Gasteiger partial charge is 0.348 e. The molecular formula is C31H39NO5. The van der Waals surface area contributed by atoms with Crippen LogP contribution in [0.3, 0.4) is 0 Å². The Labute approximate surface area is 219 Å². The summed E-state index contributed by atoms with van der Waals surface area (Å²) < 4.78 is 10.6. The molecule has 1 N–H and O–H groups in total. The van der Waals surface area contributed by atoms with Gasteiger partial charge in [-0.1, -0.05) is 89.7 Å². The molecule has 0 aliphatic heterocycles. The Hall–Kier alpha value is -3.41. The Kier molecular flexibility index (Phi) is 11.9. The van der Waals surface area contributed by atoms with E-state index in [0.29, 0.717) is 28.8 Å². The number of aliphatic imine (C=N–C) groups is 1. The van der Waals surface area contributed by atoms with Crippen molar-refractivity contribution in [2.75, 3.05) is 6.61 Å². The molecule has 198 valence electrons. The van der Waals surface area contributed by atoms with Gasteiger partial charge in [-0.05, 0) is 42.8 Å². The minimum absolute atomic E-state index is 0.0235. The number of carbonyl (C=O) groups excluding carboxylic acids is 1. The van der Waals surface area contributed by atoms with Crippen LogP contribution < -0.4 is 5.63 Å². The van der Waals surface area contributed by atoms with Gasteiger partial charge in [0.15, 0.2) is 0 Å². The van der Waals surface area contributed by atoms with Crippen molar-refractivity contribution in [3.8, 4) is 5.75 Å². The third kappa shape index (κ3) is 9.19. The molecule has 0 unspecified atom stereocenters. The van der Waals surface area contributed by atoms with Crippen molar-refractivity contribution < 1.29 is 19.1 Å². The zero-order chi connectivity index (χ0) is 26.3. The van der Waals surface area contributed by atoms with Crippen LogP contribution in [0.2, 0.25) is 0 Å². The molecule has 0 bridgehead atoms. The normalized spacial score (nSPS) is 11.4. The number of hydrogen-bond donors (Lipinski definition) is 1. The number of nitrogens with zero attached hydrogens (tertiary/aromatic N) is 1. The number of esters is 1. The van der Waals surface area contributed by atoms with Gasteiger partial charge in [0.2, 0.25) is 0 Å². The molecule has 37 heavy (non-hydrogen) atoms. The minimum Gasteiger partial charge on any atom is -0.506 e. The van der Waals surface area contributed by atoms with Crippen molar-refractivity contribution >= 4 is 28.8 Å². The molecule has 1 heterocycles. The second-order valence-electron chi connectivity index (χ2n) is 9.48. The average Bonchev–Trinajstić information content (AvgIpc) is 2.91. The zero-order valence-electron chi connectivity index (χ0n) is 21.9. The molecule has 0 fully saturated rings. The quantitative estimate of drug-likeness (QED) is 0.0919. The van der Waals surface area contributed by atoms with E-state index in [1.165, 1.54) is 70.4 Å². The van der Waals surface area contributed by atoms with Crippen LogP contribution in [-0.4, -0.2) is 23.9 Å². The monoisotopic (exact) mass is 505 g/mol. The first-order valence-corrected chi connectivity index (χ1v) is 13.7. The summed E-state index contributed by atoms with van der Waals surface area (Å²) in [6.07, 6.45) is 16.4. The Balaban J connectivity index is 1.35. The molecule has 3 rings (SSSR count). The molecule has 2 aromatic carbocycles. The maximum atomic E-state index is 12.3. The Bertz CT molecular complexity index is 1200. The number of carbonyl (C=O) groups is 1. The van der Waals surface area contributed by atoms with Crippen LogP contribution in [0.4, 0.5) is 5.69 Å². The van der Waals surface area contributed by atoms with Gasteiger partial charge in [0.25, 0.3) is 0 Å². The standard InChI is InChI=1S/C31H39NO5/c1-2-3-4-5-6-7-8-9-10-11-12-15-22-36-30(34)24-18-20-25(21-19-24)32-23-27-29(33)26-16-13-14-17-28(26)37-31(27)35/h13-14,16-21,23,33H,2-12,15,22H2,1H3. The maximum absolute atomic E-state index is 12.3. The molecule has 1 aromatic heterocycles.